The van der Waals surface area contributed by atoms with Crippen LogP contribution in [0.2, 0.25) is 0 Å². The van der Waals surface area contributed by atoms with Gasteiger partial charge in [0.2, 0.25) is 5.91 Å². The molecule has 2 fully saturated rings. The number of ether oxygens (including phenoxy) is 1. The third-order valence-electron chi connectivity index (χ3n) is 6.13. The molecule has 2 radical (unpaired) electrons. The fourth-order valence-corrected chi connectivity index (χ4v) is 4.98. The van der Waals surface area contributed by atoms with E-state index in [0.29, 0.717) is 34.9 Å². The molecule has 2 aromatic rings. The quantitative estimate of drug-likeness (QED) is 0.702. The number of methoxy groups -OCH3 is 1. The van der Waals surface area contributed by atoms with Gasteiger partial charge in [0.25, 0.3) is 11.8 Å². The zero-order valence-corrected chi connectivity index (χ0v) is 19.1. The number of rotatable bonds is 5. The Morgan fingerprint density at radius 2 is 1.94 bits per heavy atom. The minimum atomic E-state index is -0.276. The molecule has 1 unspecified atom stereocenters. The lowest BCUT2D eigenvalue weighted by atomic mass is 10.0. The first-order valence-corrected chi connectivity index (χ1v) is 11.6. The van der Waals surface area contributed by atoms with Crippen LogP contribution in [0.25, 0.3) is 0 Å². The molecule has 1 aromatic heterocycles. The van der Waals surface area contributed by atoms with E-state index in [1.54, 1.807) is 30.2 Å². The Labute approximate surface area is 193 Å². The van der Waals surface area contributed by atoms with E-state index in [2.05, 4.69) is 5.32 Å². The summed E-state index contributed by atoms with van der Waals surface area (Å²) in [4.78, 5) is 42.0. The lowest BCUT2D eigenvalue weighted by Crippen LogP contribution is -2.40. The molecule has 0 saturated carbocycles. The molecule has 32 heavy (non-hydrogen) atoms. The van der Waals surface area contributed by atoms with Crippen molar-refractivity contribution in [2.24, 2.45) is 0 Å². The van der Waals surface area contributed by atoms with E-state index >= 15 is 0 Å². The number of anilines is 1. The number of hydrogen-bond acceptors (Lipinski definition) is 5. The van der Waals surface area contributed by atoms with Crippen LogP contribution in [0.5, 0.6) is 0 Å². The largest absolute Gasteiger partial charge is 0.381 e. The zero-order chi connectivity index (χ0) is 22.8. The minimum Gasteiger partial charge on any atom is -0.381 e. The summed E-state index contributed by atoms with van der Waals surface area (Å²) in [5, 5.41) is 2.92. The monoisotopic (exact) mass is 451 g/mol. The van der Waals surface area contributed by atoms with Crippen LogP contribution in [-0.4, -0.2) is 69.4 Å². The van der Waals surface area contributed by atoms with Crippen molar-refractivity contribution >= 4 is 47.4 Å². The zero-order valence-electron chi connectivity index (χ0n) is 18.3. The molecule has 0 spiro atoms. The van der Waals surface area contributed by atoms with Crippen molar-refractivity contribution in [1.82, 2.24) is 10.2 Å². The first-order valence-electron chi connectivity index (χ1n) is 10.7. The summed E-state index contributed by atoms with van der Waals surface area (Å²) in [6, 6.07) is 8.57. The van der Waals surface area contributed by atoms with Gasteiger partial charge in [-0.2, -0.15) is 0 Å². The second-order valence-corrected chi connectivity index (χ2v) is 9.42. The second kappa shape index (κ2) is 9.46. The number of benzene rings is 1. The molecule has 1 atom stereocenters. The van der Waals surface area contributed by atoms with Crippen LogP contribution in [-0.2, 0) is 9.53 Å². The highest BCUT2D eigenvalue weighted by Crippen LogP contribution is 2.26. The predicted octanol–water partition coefficient (Wildman–Crippen LogP) is 1.64. The van der Waals surface area contributed by atoms with Gasteiger partial charge in [0.1, 0.15) is 7.85 Å². The fraction of sp³-hybridized carbons (Fsp3) is 0.435. The van der Waals surface area contributed by atoms with Gasteiger partial charge in [0, 0.05) is 44.4 Å². The van der Waals surface area contributed by atoms with Crippen LogP contribution < -0.4 is 15.0 Å². The van der Waals surface area contributed by atoms with Crippen LogP contribution in [0.3, 0.4) is 0 Å². The highest BCUT2D eigenvalue weighted by Gasteiger charge is 2.32. The summed E-state index contributed by atoms with van der Waals surface area (Å²) in [5.74, 6) is -0.265. The molecule has 2 aliphatic heterocycles. The number of thiophene rings is 1. The molecule has 0 aliphatic carbocycles. The Morgan fingerprint density at radius 1 is 1.19 bits per heavy atom. The number of likely N-dealkylation sites (tertiary alicyclic amines) is 1. The van der Waals surface area contributed by atoms with E-state index in [0.717, 1.165) is 24.1 Å². The van der Waals surface area contributed by atoms with Crippen LogP contribution in [0.4, 0.5) is 5.69 Å². The van der Waals surface area contributed by atoms with E-state index < -0.39 is 0 Å². The average Bonchev–Trinajstić information content (AvgIpc) is 3.38. The summed E-state index contributed by atoms with van der Waals surface area (Å²) < 4.78 is 5.96. The van der Waals surface area contributed by atoms with Crippen LogP contribution >= 0.6 is 11.3 Å². The molecular formula is C23H26BN3O4S. The smallest absolute Gasteiger partial charge is 0.261 e. The van der Waals surface area contributed by atoms with Crippen molar-refractivity contribution in [1.29, 1.82) is 0 Å². The molecular weight excluding hydrogens is 425 g/mol. The lowest BCUT2D eigenvalue weighted by molar-refractivity contribution is -0.117. The molecule has 3 amide bonds. The summed E-state index contributed by atoms with van der Waals surface area (Å²) in [7, 11) is 7.40. The molecule has 1 aromatic carbocycles. The van der Waals surface area contributed by atoms with E-state index in [4.69, 9.17) is 12.6 Å². The number of hydrogen-bond donors (Lipinski definition) is 1. The Balaban J connectivity index is 1.40. The van der Waals surface area contributed by atoms with Gasteiger partial charge >= 0.3 is 0 Å². The Morgan fingerprint density at radius 3 is 2.56 bits per heavy atom. The Kier molecular flexibility index (Phi) is 6.67. The lowest BCUT2D eigenvalue weighted by Gasteiger charge is -2.31. The molecule has 4 rings (SSSR count). The van der Waals surface area contributed by atoms with Crippen molar-refractivity contribution in [3.8, 4) is 0 Å². The first kappa shape index (κ1) is 22.5. The number of piperidine rings is 1. The first-order chi connectivity index (χ1) is 15.4. The SMILES string of the molecule is [B]c1ccc(C(=O)NC2CC(=O)N(c3ccc(C(=O)N4CCC(OC)CC4)c(C)c3)C2)s1. The number of amides is 3. The van der Waals surface area contributed by atoms with Crippen molar-refractivity contribution < 1.29 is 19.1 Å². The molecule has 9 heteroatoms. The topological polar surface area (TPSA) is 79.0 Å². The number of carbonyl (C=O) groups is 3. The van der Waals surface area contributed by atoms with Crippen LogP contribution in [0, 0.1) is 6.92 Å². The molecule has 1 N–H and O–H groups in total. The van der Waals surface area contributed by atoms with Gasteiger partial charge in [-0.15, -0.1) is 11.3 Å². The molecule has 7 nitrogen and oxygen atoms in total. The van der Waals surface area contributed by atoms with Crippen molar-refractivity contribution in [3.63, 3.8) is 0 Å². The minimum absolute atomic E-state index is 0.0108. The van der Waals surface area contributed by atoms with Gasteiger partial charge in [-0.05, 0) is 54.4 Å². The summed E-state index contributed by atoms with van der Waals surface area (Å²) in [6.45, 7) is 3.64. The molecule has 2 aliphatic rings. The van der Waals surface area contributed by atoms with Crippen LogP contribution in [0.15, 0.2) is 30.3 Å². The number of carbonyl (C=O) groups excluding carboxylic acids is 3. The normalized spacial score (nSPS) is 19.4. The average molecular weight is 451 g/mol. The molecule has 3 heterocycles. The Bertz CT molecular complexity index is 1030. The van der Waals surface area contributed by atoms with Gasteiger partial charge < -0.3 is 19.9 Å². The maximum Gasteiger partial charge on any atom is 0.261 e. The molecule has 0 bridgehead atoms. The number of nitrogens with one attached hydrogen (secondary N) is 1. The highest BCUT2D eigenvalue weighted by atomic mass is 32.1. The van der Waals surface area contributed by atoms with Crippen molar-refractivity contribution in [2.75, 3.05) is 31.6 Å². The second-order valence-electron chi connectivity index (χ2n) is 8.31. The van der Waals surface area contributed by atoms with Gasteiger partial charge in [0.15, 0.2) is 0 Å². The standard InChI is InChI=1S/C23H26BN3O4S/c1-14-11-16(3-4-18(14)23(30)26-9-7-17(31-2)8-10-26)27-13-15(12-21(27)28)25-22(29)19-5-6-20(24)32-19/h3-6,11,15,17H,7-10,12-13H2,1-2H3,(H,25,29). The van der Waals surface area contributed by atoms with Crippen molar-refractivity contribution in [3.05, 3.63) is 46.3 Å². The third kappa shape index (κ3) is 4.73. The summed E-state index contributed by atoms with van der Waals surface area (Å²) in [6.07, 6.45) is 2.13. The van der Waals surface area contributed by atoms with Crippen LogP contribution in [0.1, 0.15) is 44.9 Å². The van der Waals surface area contributed by atoms with E-state index in [-0.39, 0.29) is 36.3 Å². The number of aryl methyl sites for hydroxylation is 1. The maximum absolute atomic E-state index is 13.0. The fourth-order valence-electron chi connectivity index (χ4n) is 4.31. The van der Waals surface area contributed by atoms with Gasteiger partial charge in [-0.3, -0.25) is 14.4 Å². The Hall–Kier alpha value is -2.65. The summed E-state index contributed by atoms with van der Waals surface area (Å²) >= 11 is 1.22. The molecule has 166 valence electrons. The highest BCUT2D eigenvalue weighted by molar-refractivity contribution is 7.21. The molecule has 2 saturated heterocycles. The van der Waals surface area contributed by atoms with Gasteiger partial charge in [0.05, 0.1) is 17.0 Å². The maximum atomic E-state index is 13.0. The number of nitrogens with zero attached hydrogens (tertiary/aromatic N) is 2. The van der Waals surface area contributed by atoms with E-state index in [1.165, 1.54) is 11.3 Å². The van der Waals surface area contributed by atoms with E-state index in [9.17, 15) is 14.4 Å². The summed E-state index contributed by atoms with van der Waals surface area (Å²) in [5.41, 5.74) is 2.21. The van der Waals surface area contributed by atoms with Gasteiger partial charge in [-0.25, -0.2) is 0 Å². The van der Waals surface area contributed by atoms with Gasteiger partial charge in [-0.1, -0.05) is 6.07 Å². The van der Waals surface area contributed by atoms with Crippen molar-refractivity contribution in [2.45, 2.75) is 38.3 Å². The predicted molar refractivity (Wildman–Crippen MR) is 125 cm³/mol. The van der Waals surface area contributed by atoms with E-state index in [1.807, 2.05) is 24.0 Å². The third-order valence-corrected chi connectivity index (χ3v) is 7.04.